The average molecular weight is 364 g/mol. The van der Waals surface area contributed by atoms with E-state index in [1.54, 1.807) is 0 Å². The summed E-state index contributed by atoms with van der Waals surface area (Å²) in [6, 6.07) is 5.90. The number of piperidine rings is 1. The van der Waals surface area contributed by atoms with Gasteiger partial charge in [0.2, 0.25) is 6.79 Å². The second-order valence-corrected chi connectivity index (χ2v) is 7.01. The average Bonchev–Trinajstić information content (AvgIpc) is 3.25. The molecule has 1 aromatic carbocycles. The van der Waals surface area contributed by atoms with Gasteiger partial charge in [0, 0.05) is 36.3 Å². The highest BCUT2D eigenvalue weighted by Crippen LogP contribution is 2.37. The normalized spacial score (nSPS) is 20.2. The zero-order valence-corrected chi connectivity index (χ0v) is 14.8. The van der Waals surface area contributed by atoms with Crippen LogP contribution in [0.2, 0.25) is 5.02 Å². The van der Waals surface area contributed by atoms with Crippen molar-refractivity contribution in [3.63, 3.8) is 0 Å². The lowest BCUT2D eigenvalue weighted by Crippen LogP contribution is -2.34. The number of fused-ring (bicyclic) bond motifs is 1. The molecule has 1 aromatic heterocycles. The number of hydrogen-bond donors (Lipinski definition) is 1. The van der Waals surface area contributed by atoms with E-state index in [9.17, 15) is 0 Å². The first-order valence-corrected chi connectivity index (χ1v) is 9.05. The van der Waals surface area contributed by atoms with Crippen LogP contribution in [0, 0.1) is 0 Å². The standard InChI is InChI=1S/C18H22ClN3O3/c19-15-9-18-17(24-12-25-18)8-14(15)11-21-4-1-2-13(10-21)16-3-5-22(20-16)6-7-23/h3,5,8-9,13,23H,1-2,4,6-7,10-12H2/t13-/m1/s1. The smallest absolute Gasteiger partial charge is 0.231 e. The number of halogens is 1. The molecule has 0 saturated carbocycles. The van der Waals surface area contributed by atoms with Gasteiger partial charge in [0.05, 0.1) is 18.8 Å². The summed E-state index contributed by atoms with van der Waals surface area (Å²) in [5.74, 6) is 1.91. The summed E-state index contributed by atoms with van der Waals surface area (Å²) in [5, 5.41) is 14.4. The summed E-state index contributed by atoms with van der Waals surface area (Å²) in [7, 11) is 0. The molecule has 0 spiro atoms. The SMILES string of the molecule is OCCn1ccc([C@@H]2CCCN(Cc3cc4c(cc3Cl)OCO4)C2)n1. The van der Waals surface area contributed by atoms with Gasteiger partial charge in [0.15, 0.2) is 11.5 Å². The summed E-state index contributed by atoms with van der Waals surface area (Å²) in [5.41, 5.74) is 2.17. The van der Waals surface area contributed by atoms with E-state index in [1.165, 1.54) is 0 Å². The van der Waals surface area contributed by atoms with Crippen molar-refractivity contribution in [3.8, 4) is 11.5 Å². The Bertz CT molecular complexity index is 749. The van der Waals surface area contributed by atoms with Crippen LogP contribution in [0.1, 0.15) is 30.0 Å². The predicted molar refractivity (Wildman–Crippen MR) is 94.1 cm³/mol. The van der Waals surface area contributed by atoms with Crippen LogP contribution in [0.15, 0.2) is 24.4 Å². The fraction of sp³-hybridized carbons (Fsp3) is 0.500. The molecule has 1 saturated heterocycles. The second kappa shape index (κ2) is 7.23. The Hall–Kier alpha value is -1.76. The fourth-order valence-corrected chi connectivity index (χ4v) is 3.80. The highest BCUT2D eigenvalue weighted by Gasteiger charge is 2.25. The third-order valence-corrected chi connectivity index (χ3v) is 5.20. The molecule has 0 amide bonds. The summed E-state index contributed by atoms with van der Waals surface area (Å²) >= 11 is 6.42. The van der Waals surface area contributed by atoms with E-state index in [0.29, 0.717) is 12.5 Å². The van der Waals surface area contributed by atoms with Crippen LogP contribution in [0.3, 0.4) is 0 Å². The Balaban J connectivity index is 1.44. The van der Waals surface area contributed by atoms with Crippen molar-refractivity contribution in [1.82, 2.24) is 14.7 Å². The van der Waals surface area contributed by atoms with Gasteiger partial charge >= 0.3 is 0 Å². The maximum atomic E-state index is 9.04. The maximum Gasteiger partial charge on any atom is 0.231 e. The maximum absolute atomic E-state index is 9.04. The molecule has 3 heterocycles. The van der Waals surface area contributed by atoms with Crippen LogP contribution >= 0.6 is 11.6 Å². The third kappa shape index (κ3) is 3.61. The van der Waals surface area contributed by atoms with Crippen LogP contribution in [-0.4, -0.2) is 46.3 Å². The molecular formula is C18H22ClN3O3. The lowest BCUT2D eigenvalue weighted by atomic mass is 9.94. The first-order valence-electron chi connectivity index (χ1n) is 8.67. The summed E-state index contributed by atoms with van der Waals surface area (Å²) in [4.78, 5) is 2.42. The first-order chi connectivity index (χ1) is 12.2. The molecule has 1 atom stereocenters. The van der Waals surface area contributed by atoms with Gasteiger partial charge < -0.3 is 14.6 Å². The van der Waals surface area contributed by atoms with E-state index in [0.717, 1.165) is 60.3 Å². The first kappa shape index (κ1) is 16.7. The monoisotopic (exact) mass is 363 g/mol. The molecule has 1 N–H and O–H groups in total. The number of nitrogens with zero attached hydrogens (tertiary/aromatic N) is 3. The lowest BCUT2D eigenvalue weighted by Gasteiger charge is -2.32. The van der Waals surface area contributed by atoms with Crippen molar-refractivity contribution in [1.29, 1.82) is 0 Å². The van der Waals surface area contributed by atoms with Gasteiger partial charge in [0.1, 0.15) is 0 Å². The number of hydrogen-bond acceptors (Lipinski definition) is 5. The number of rotatable bonds is 5. The van der Waals surface area contributed by atoms with E-state index in [1.807, 2.05) is 23.0 Å². The molecule has 2 aromatic rings. The number of aliphatic hydroxyl groups excluding tert-OH is 1. The molecule has 0 aliphatic carbocycles. The minimum absolute atomic E-state index is 0.112. The topological polar surface area (TPSA) is 59.8 Å². The molecule has 6 nitrogen and oxygen atoms in total. The number of likely N-dealkylation sites (tertiary alicyclic amines) is 1. The number of benzene rings is 1. The second-order valence-electron chi connectivity index (χ2n) is 6.60. The van der Waals surface area contributed by atoms with Crippen LogP contribution in [0.5, 0.6) is 11.5 Å². The Kier molecular flexibility index (Phi) is 4.83. The van der Waals surface area contributed by atoms with Gasteiger partial charge in [-0.1, -0.05) is 11.6 Å². The largest absolute Gasteiger partial charge is 0.454 e. The zero-order chi connectivity index (χ0) is 17.2. The highest BCUT2D eigenvalue weighted by molar-refractivity contribution is 6.31. The molecule has 25 heavy (non-hydrogen) atoms. The van der Waals surface area contributed by atoms with Gasteiger partial charge in [-0.3, -0.25) is 9.58 Å². The van der Waals surface area contributed by atoms with Gasteiger partial charge in [-0.05, 0) is 37.1 Å². The van der Waals surface area contributed by atoms with Crippen molar-refractivity contribution in [3.05, 3.63) is 40.7 Å². The molecular weight excluding hydrogens is 342 g/mol. The molecule has 134 valence electrons. The molecule has 1 fully saturated rings. The number of aromatic nitrogens is 2. The van der Waals surface area contributed by atoms with Crippen molar-refractivity contribution < 1.29 is 14.6 Å². The molecule has 0 bridgehead atoms. The Morgan fingerprint density at radius 2 is 2.12 bits per heavy atom. The van der Waals surface area contributed by atoms with E-state index >= 15 is 0 Å². The number of aliphatic hydroxyl groups is 1. The zero-order valence-electron chi connectivity index (χ0n) is 14.0. The molecule has 4 rings (SSSR count). The van der Waals surface area contributed by atoms with E-state index in [2.05, 4.69) is 16.1 Å². The molecule has 2 aliphatic heterocycles. The summed E-state index contributed by atoms with van der Waals surface area (Å²) < 4.78 is 12.6. The van der Waals surface area contributed by atoms with Gasteiger partial charge in [-0.25, -0.2) is 0 Å². The highest BCUT2D eigenvalue weighted by atomic mass is 35.5. The van der Waals surface area contributed by atoms with Crippen molar-refractivity contribution in [2.45, 2.75) is 31.8 Å². The minimum Gasteiger partial charge on any atom is -0.454 e. The Morgan fingerprint density at radius 3 is 2.96 bits per heavy atom. The van der Waals surface area contributed by atoms with Crippen LogP contribution in [0.25, 0.3) is 0 Å². The van der Waals surface area contributed by atoms with Gasteiger partial charge in [-0.15, -0.1) is 0 Å². The van der Waals surface area contributed by atoms with Gasteiger partial charge in [-0.2, -0.15) is 5.10 Å². The van der Waals surface area contributed by atoms with E-state index < -0.39 is 0 Å². The summed E-state index contributed by atoms with van der Waals surface area (Å²) in [6.07, 6.45) is 4.22. The minimum atomic E-state index is 0.112. The Labute approximate surface area is 151 Å². The van der Waals surface area contributed by atoms with Crippen LogP contribution in [0.4, 0.5) is 0 Å². The molecule has 0 unspecified atom stereocenters. The van der Waals surface area contributed by atoms with E-state index in [4.69, 9.17) is 26.2 Å². The van der Waals surface area contributed by atoms with Crippen LogP contribution < -0.4 is 9.47 Å². The quantitative estimate of drug-likeness (QED) is 0.885. The van der Waals surface area contributed by atoms with Crippen LogP contribution in [-0.2, 0) is 13.1 Å². The van der Waals surface area contributed by atoms with Crippen molar-refractivity contribution in [2.24, 2.45) is 0 Å². The van der Waals surface area contributed by atoms with E-state index in [-0.39, 0.29) is 13.4 Å². The van der Waals surface area contributed by atoms with Gasteiger partial charge in [0.25, 0.3) is 0 Å². The molecule has 7 heteroatoms. The third-order valence-electron chi connectivity index (χ3n) is 4.85. The predicted octanol–water partition coefficient (Wildman–Crippen LogP) is 2.64. The molecule has 2 aliphatic rings. The Morgan fingerprint density at radius 1 is 1.28 bits per heavy atom. The molecule has 0 radical (unpaired) electrons. The summed E-state index contributed by atoms with van der Waals surface area (Å²) in [6.45, 7) is 3.73. The van der Waals surface area contributed by atoms with Crippen molar-refractivity contribution >= 4 is 11.6 Å². The number of ether oxygens (including phenoxy) is 2. The lowest BCUT2D eigenvalue weighted by molar-refractivity contribution is 0.173. The van der Waals surface area contributed by atoms with Crippen molar-refractivity contribution in [2.75, 3.05) is 26.5 Å². The fourth-order valence-electron chi connectivity index (χ4n) is 3.58.